The highest BCUT2D eigenvalue weighted by molar-refractivity contribution is 5.68. The van der Waals surface area contributed by atoms with Crippen molar-refractivity contribution in [1.82, 2.24) is 4.90 Å². The Bertz CT molecular complexity index is 571. The molecule has 2 heterocycles. The largest absolute Gasteiger partial charge is 0.444 e. The topological polar surface area (TPSA) is 48.0 Å². The molecule has 0 radical (unpaired) electrons. The molecule has 25 heavy (non-hydrogen) atoms. The second-order valence-electron chi connectivity index (χ2n) is 9.90. The molecule has 2 aliphatic heterocycles. The van der Waals surface area contributed by atoms with Crippen LogP contribution < -0.4 is 0 Å². The predicted octanol–water partition coefficient (Wildman–Crippen LogP) is 4.26. The van der Waals surface area contributed by atoms with E-state index in [2.05, 4.69) is 33.8 Å². The number of rotatable bonds is 1. The van der Waals surface area contributed by atoms with Gasteiger partial charge in [-0.05, 0) is 78.7 Å². The fraction of sp³-hybridized carbons (Fsp3) is 0.850. The smallest absolute Gasteiger partial charge is 0.410 e. The lowest BCUT2D eigenvalue weighted by molar-refractivity contribution is -0.0616. The summed E-state index contributed by atoms with van der Waals surface area (Å²) in [4.78, 5) is 14.2. The summed E-state index contributed by atoms with van der Waals surface area (Å²) < 4.78 is 17.9. The average Bonchev–Trinajstić information content (AvgIpc) is 3.08. The molecule has 0 aromatic carbocycles. The number of carbonyl (C=O) groups is 1. The Hall–Kier alpha value is -1.07. The van der Waals surface area contributed by atoms with Crippen molar-refractivity contribution in [2.24, 2.45) is 5.41 Å². The number of likely N-dealkylation sites (tertiary alicyclic amines) is 1. The minimum Gasteiger partial charge on any atom is -0.444 e. The summed E-state index contributed by atoms with van der Waals surface area (Å²) in [7, 11) is 0. The normalized spacial score (nSPS) is 31.6. The fourth-order valence-electron chi connectivity index (χ4n) is 3.83. The van der Waals surface area contributed by atoms with Crippen LogP contribution in [0.2, 0.25) is 0 Å². The molecule has 1 aliphatic carbocycles. The van der Waals surface area contributed by atoms with Crippen molar-refractivity contribution in [1.29, 1.82) is 0 Å². The molecule has 0 bridgehead atoms. The Kier molecular flexibility index (Phi) is 4.28. The van der Waals surface area contributed by atoms with Crippen molar-refractivity contribution in [2.75, 3.05) is 13.1 Å². The average molecular weight is 351 g/mol. The van der Waals surface area contributed by atoms with Crippen LogP contribution in [-0.2, 0) is 14.2 Å². The predicted molar refractivity (Wildman–Crippen MR) is 96.3 cm³/mol. The van der Waals surface area contributed by atoms with E-state index in [1.165, 1.54) is 5.57 Å². The summed E-state index contributed by atoms with van der Waals surface area (Å²) in [5.74, 6) is 0. The van der Waals surface area contributed by atoms with Crippen molar-refractivity contribution in [3.8, 4) is 0 Å². The summed E-state index contributed by atoms with van der Waals surface area (Å²) in [5, 5.41) is 0. The van der Waals surface area contributed by atoms with E-state index < -0.39 is 5.60 Å². The maximum atomic E-state index is 12.3. The van der Waals surface area contributed by atoms with Gasteiger partial charge in [0, 0.05) is 13.1 Å². The molecule has 5 nitrogen and oxygen atoms in total. The zero-order valence-electron chi connectivity index (χ0n) is 16.8. The van der Waals surface area contributed by atoms with Crippen molar-refractivity contribution in [2.45, 2.75) is 90.8 Å². The number of nitrogens with zero attached hydrogens (tertiary/aromatic N) is 1. The zero-order valence-corrected chi connectivity index (χ0v) is 16.8. The van der Waals surface area contributed by atoms with Gasteiger partial charge in [0.25, 0.3) is 0 Å². The summed E-state index contributed by atoms with van der Waals surface area (Å²) in [6.45, 7) is 15.6. The van der Waals surface area contributed by atoms with Crippen LogP contribution >= 0.6 is 0 Å². The van der Waals surface area contributed by atoms with Gasteiger partial charge in [-0.1, -0.05) is 6.08 Å². The molecule has 1 unspecified atom stereocenters. The van der Waals surface area contributed by atoms with Crippen LogP contribution in [0.25, 0.3) is 0 Å². The lowest BCUT2D eigenvalue weighted by atomic mass is 9.83. The molecule has 0 N–H and O–H groups in total. The third kappa shape index (κ3) is 3.59. The molecular weight excluding hydrogens is 318 g/mol. The number of hydrogen-bond donors (Lipinski definition) is 0. The van der Waals surface area contributed by atoms with Crippen molar-refractivity contribution in [3.63, 3.8) is 0 Å². The van der Waals surface area contributed by atoms with E-state index in [9.17, 15) is 4.79 Å². The van der Waals surface area contributed by atoms with Crippen molar-refractivity contribution in [3.05, 3.63) is 11.6 Å². The van der Waals surface area contributed by atoms with Gasteiger partial charge < -0.3 is 19.1 Å². The minimum atomic E-state index is -0.450. The molecule has 0 saturated carbocycles. The number of carbonyl (C=O) groups excluding carboxylic acids is 1. The van der Waals surface area contributed by atoms with E-state index in [4.69, 9.17) is 14.2 Å². The molecular formula is C20H33NO4. The van der Waals surface area contributed by atoms with Gasteiger partial charge in [0.15, 0.2) is 6.29 Å². The Morgan fingerprint density at radius 1 is 1.20 bits per heavy atom. The van der Waals surface area contributed by atoms with Crippen LogP contribution in [-0.4, -0.2) is 47.2 Å². The van der Waals surface area contributed by atoms with E-state index in [-0.39, 0.29) is 29.0 Å². The summed E-state index contributed by atoms with van der Waals surface area (Å²) in [6.07, 6.45) is 4.72. The second kappa shape index (κ2) is 5.71. The maximum absolute atomic E-state index is 12.3. The van der Waals surface area contributed by atoms with Gasteiger partial charge >= 0.3 is 6.09 Å². The SMILES string of the molecule is CC(C)(C)OC(=O)N1CCC2(CC=C(C3OC(C)(C)C(C)(C)O3)C2)C1. The summed E-state index contributed by atoms with van der Waals surface area (Å²) in [6, 6.07) is 0. The second-order valence-corrected chi connectivity index (χ2v) is 9.90. The van der Waals surface area contributed by atoms with E-state index in [0.717, 1.165) is 32.4 Å². The van der Waals surface area contributed by atoms with Gasteiger partial charge in [0.2, 0.25) is 0 Å². The van der Waals surface area contributed by atoms with E-state index in [1.54, 1.807) is 0 Å². The Balaban J connectivity index is 1.61. The third-order valence-corrected chi connectivity index (χ3v) is 6.02. The van der Waals surface area contributed by atoms with Gasteiger partial charge in [-0.15, -0.1) is 0 Å². The summed E-state index contributed by atoms with van der Waals surface area (Å²) >= 11 is 0. The van der Waals surface area contributed by atoms with Crippen LogP contribution in [0.5, 0.6) is 0 Å². The summed E-state index contributed by atoms with van der Waals surface area (Å²) in [5.41, 5.74) is 0.272. The Labute approximate surface area is 151 Å². The third-order valence-electron chi connectivity index (χ3n) is 6.02. The van der Waals surface area contributed by atoms with Crippen LogP contribution in [0.1, 0.15) is 67.7 Å². The first-order valence-corrected chi connectivity index (χ1v) is 9.35. The lowest BCUT2D eigenvalue weighted by Crippen LogP contribution is -2.41. The van der Waals surface area contributed by atoms with E-state index in [1.807, 2.05) is 25.7 Å². The standard InChI is InChI=1S/C20H33NO4/c1-17(2,3)25-16(22)21-11-10-20(13-21)9-8-14(12-20)15-23-18(4,5)19(6,7)24-15/h8,15H,9-13H2,1-7H3. The first kappa shape index (κ1) is 18.7. The van der Waals surface area contributed by atoms with Crippen LogP contribution in [0.4, 0.5) is 4.79 Å². The fourth-order valence-corrected chi connectivity index (χ4v) is 3.83. The molecule has 2 fully saturated rings. The molecule has 0 aromatic rings. The van der Waals surface area contributed by atoms with E-state index in [0.29, 0.717) is 0 Å². The highest BCUT2D eigenvalue weighted by Gasteiger charge is 2.52. The van der Waals surface area contributed by atoms with Gasteiger partial charge in [-0.25, -0.2) is 4.79 Å². The van der Waals surface area contributed by atoms with Crippen LogP contribution in [0.15, 0.2) is 11.6 Å². The quantitative estimate of drug-likeness (QED) is 0.662. The highest BCUT2D eigenvalue weighted by Crippen LogP contribution is 2.49. The monoisotopic (exact) mass is 351 g/mol. The molecule has 3 rings (SSSR count). The minimum absolute atomic E-state index is 0.121. The van der Waals surface area contributed by atoms with E-state index >= 15 is 0 Å². The first-order valence-electron chi connectivity index (χ1n) is 9.35. The van der Waals surface area contributed by atoms with Crippen LogP contribution in [0, 0.1) is 5.41 Å². The van der Waals surface area contributed by atoms with Gasteiger partial charge in [0.05, 0.1) is 11.2 Å². The lowest BCUT2D eigenvalue weighted by Gasteiger charge is -2.30. The molecule has 2 saturated heterocycles. The number of hydrogen-bond acceptors (Lipinski definition) is 4. The first-order chi connectivity index (χ1) is 11.3. The van der Waals surface area contributed by atoms with Crippen LogP contribution in [0.3, 0.4) is 0 Å². The molecule has 0 aromatic heterocycles. The molecule has 3 aliphatic rings. The maximum Gasteiger partial charge on any atom is 0.410 e. The van der Waals surface area contributed by atoms with Gasteiger partial charge in [-0.2, -0.15) is 0 Å². The van der Waals surface area contributed by atoms with Crippen molar-refractivity contribution >= 4 is 6.09 Å². The van der Waals surface area contributed by atoms with Gasteiger partial charge in [-0.3, -0.25) is 0 Å². The Morgan fingerprint density at radius 2 is 1.80 bits per heavy atom. The molecule has 1 atom stereocenters. The number of amides is 1. The molecule has 1 spiro atoms. The zero-order chi connectivity index (χ0) is 18.7. The van der Waals surface area contributed by atoms with Gasteiger partial charge in [0.1, 0.15) is 5.60 Å². The number of allylic oxidation sites excluding steroid dienone is 1. The number of ether oxygens (including phenoxy) is 3. The Morgan fingerprint density at radius 3 is 2.36 bits per heavy atom. The highest BCUT2D eigenvalue weighted by atomic mass is 16.7. The molecule has 5 heteroatoms. The van der Waals surface area contributed by atoms with Crippen molar-refractivity contribution < 1.29 is 19.0 Å². The molecule has 1 amide bonds. The molecule has 142 valence electrons.